The Balaban J connectivity index is 0.000000606. The number of hydrogen-bond donors (Lipinski definition) is 1. The van der Waals surface area contributed by atoms with Crippen LogP contribution in [-0.2, 0) is 0 Å². The van der Waals surface area contributed by atoms with Crippen LogP contribution in [0.15, 0.2) is 34.9 Å². The zero-order valence-electron chi connectivity index (χ0n) is 9.91. The zero-order valence-corrected chi connectivity index (χ0v) is 9.91. The minimum Gasteiger partial charge on any atom is -0.464 e. The van der Waals surface area contributed by atoms with Gasteiger partial charge in [-0.15, -0.1) is 0 Å². The van der Waals surface area contributed by atoms with Crippen molar-refractivity contribution in [3.63, 3.8) is 0 Å². The second kappa shape index (κ2) is 6.08. The maximum Gasteiger partial charge on any atom is 0.176 e. The third-order valence-corrected chi connectivity index (χ3v) is 2.12. The maximum absolute atomic E-state index is 11.5. The summed E-state index contributed by atoms with van der Waals surface area (Å²) < 4.78 is 5.21. The minimum absolute atomic E-state index is 0.0748. The molecule has 3 heteroatoms. The first-order valence-corrected chi connectivity index (χ1v) is 5.46. The van der Waals surface area contributed by atoms with Gasteiger partial charge in [0.2, 0.25) is 0 Å². The first-order valence-electron chi connectivity index (χ1n) is 5.46. The summed E-state index contributed by atoms with van der Waals surface area (Å²) in [4.78, 5) is 11.5. The molecule has 0 amide bonds. The van der Waals surface area contributed by atoms with Crippen LogP contribution in [0.5, 0.6) is 0 Å². The minimum atomic E-state index is 0.0748. The Bertz CT molecular complexity index is 460. The molecule has 0 saturated carbocycles. The van der Waals surface area contributed by atoms with Crippen LogP contribution in [0.4, 0.5) is 0 Å². The lowest BCUT2D eigenvalue weighted by molar-refractivity contribution is 0.0993. The monoisotopic (exact) mass is 219 g/mol. The number of ketones is 1. The summed E-state index contributed by atoms with van der Waals surface area (Å²) in [6.07, 6.45) is 1.62. The fourth-order valence-corrected chi connectivity index (χ4v) is 1.39. The number of likely N-dealkylation sites (N-methyl/N-ethyl adjacent to an activating group) is 1. The molecule has 1 aromatic heterocycles. The van der Waals surface area contributed by atoms with Gasteiger partial charge in [0.15, 0.2) is 5.78 Å². The Morgan fingerprint density at radius 2 is 2.06 bits per heavy atom. The van der Waals surface area contributed by atoms with Crippen molar-refractivity contribution in [2.24, 2.45) is 0 Å². The van der Waals surface area contributed by atoms with Gasteiger partial charge in [-0.3, -0.25) is 4.79 Å². The van der Waals surface area contributed by atoms with E-state index in [-0.39, 0.29) is 5.78 Å². The molecule has 0 atom stereocenters. The van der Waals surface area contributed by atoms with Gasteiger partial charge >= 0.3 is 0 Å². The van der Waals surface area contributed by atoms with E-state index in [0.717, 1.165) is 11.0 Å². The Kier molecular flexibility index (Phi) is 4.73. The molecule has 3 nitrogen and oxygen atoms in total. The first kappa shape index (κ1) is 12.5. The van der Waals surface area contributed by atoms with Gasteiger partial charge in [-0.05, 0) is 19.2 Å². The van der Waals surface area contributed by atoms with Crippen molar-refractivity contribution >= 4 is 16.8 Å². The molecule has 0 saturated heterocycles. The average molecular weight is 219 g/mol. The van der Waals surface area contributed by atoms with E-state index in [1.165, 1.54) is 0 Å². The Hall–Kier alpha value is -1.61. The number of fused-ring (bicyclic) bond motifs is 1. The molecule has 1 aromatic carbocycles. The second-order valence-electron chi connectivity index (χ2n) is 3.13. The van der Waals surface area contributed by atoms with Gasteiger partial charge in [0.1, 0.15) is 5.58 Å². The Morgan fingerprint density at radius 3 is 2.75 bits per heavy atom. The normalized spacial score (nSPS) is 9.69. The summed E-state index contributed by atoms with van der Waals surface area (Å²) in [6, 6.07) is 7.36. The number of carbonyl (C=O) groups is 1. The molecule has 0 spiro atoms. The van der Waals surface area contributed by atoms with E-state index in [4.69, 9.17) is 4.42 Å². The van der Waals surface area contributed by atoms with E-state index in [0.29, 0.717) is 12.1 Å². The van der Waals surface area contributed by atoms with Gasteiger partial charge in [-0.2, -0.15) is 0 Å². The molecule has 86 valence electrons. The highest BCUT2D eigenvalue weighted by Gasteiger charge is 2.06. The lowest BCUT2D eigenvalue weighted by Crippen LogP contribution is -2.18. The fraction of sp³-hybridized carbons (Fsp3) is 0.308. The van der Waals surface area contributed by atoms with Crippen LogP contribution in [0.2, 0.25) is 0 Å². The van der Waals surface area contributed by atoms with Crippen LogP contribution in [0.1, 0.15) is 24.2 Å². The van der Waals surface area contributed by atoms with Gasteiger partial charge in [-0.25, -0.2) is 0 Å². The average Bonchev–Trinajstić information content (AvgIpc) is 2.79. The van der Waals surface area contributed by atoms with Crippen molar-refractivity contribution in [1.29, 1.82) is 0 Å². The van der Waals surface area contributed by atoms with Crippen LogP contribution < -0.4 is 5.32 Å². The molecule has 0 radical (unpaired) electrons. The SMILES string of the molecule is CC.CNCC(=O)c1ccc2ccoc2c1. The Labute approximate surface area is 95.4 Å². The molecule has 0 fully saturated rings. The van der Waals surface area contributed by atoms with Crippen LogP contribution in [0.25, 0.3) is 11.0 Å². The van der Waals surface area contributed by atoms with Crippen molar-refractivity contribution in [3.05, 3.63) is 36.1 Å². The molecule has 0 aliphatic heterocycles. The maximum atomic E-state index is 11.5. The van der Waals surface area contributed by atoms with E-state index in [2.05, 4.69) is 5.32 Å². The molecule has 0 aliphatic carbocycles. The summed E-state index contributed by atoms with van der Waals surface area (Å²) >= 11 is 0. The molecule has 1 heterocycles. The van der Waals surface area contributed by atoms with Crippen LogP contribution in [0.3, 0.4) is 0 Å². The highest BCUT2D eigenvalue weighted by atomic mass is 16.3. The van der Waals surface area contributed by atoms with E-state index in [1.54, 1.807) is 19.4 Å². The van der Waals surface area contributed by atoms with E-state index < -0.39 is 0 Å². The Morgan fingerprint density at radius 1 is 1.31 bits per heavy atom. The molecule has 2 aromatic rings. The predicted molar refractivity (Wildman–Crippen MR) is 65.8 cm³/mol. The van der Waals surface area contributed by atoms with Crippen LogP contribution in [-0.4, -0.2) is 19.4 Å². The molecule has 0 bridgehead atoms. The lowest BCUT2D eigenvalue weighted by Gasteiger charge is -1.99. The van der Waals surface area contributed by atoms with Crippen LogP contribution in [0, 0.1) is 0 Å². The number of nitrogens with one attached hydrogen (secondary N) is 1. The zero-order chi connectivity index (χ0) is 12.0. The number of furan rings is 1. The first-order chi connectivity index (χ1) is 7.81. The molecular formula is C13H17NO2. The van der Waals surface area contributed by atoms with E-state index >= 15 is 0 Å². The molecular weight excluding hydrogens is 202 g/mol. The smallest absolute Gasteiger partial charge is 0.176 e. The number of carbonyl (C=O) groups excluding carboxylic acids is 1. The summed E-state index contributed by atoms with van der Waals surface area (Å²) in [5.41, 5.74) is 1.44. The van der Waals surface area contributed by atoms with Gasteiger partial charge in [0.05, 0.1) is 12.8 Å². The second-order valence-corrected chi connectivity index (χ2v) is 3.13. The van der Waals surface area contributed by atoms with Gasteiger partial charge in [0.25, 0.3) is 0 Å². The fourth-order valence-electron chi connectivity index (χ4n) is 1.39. The number of rotatable bonds is 3. The molecule has 1 N–H and O–H groups in total. The third kappa shape index (κ3) is 2.70. The molecule has 16 heavy (non-hydrogen) atoms. The predicted octanol–water partition coefficient (Wildman–Crippen LogP) is 2.86. The molecule has 2 rings (SSSR count). The highest BCUT2D eigenvalue weighted by molar-refractivity contribution is 6.00. The van der Waals surface area contributed by atoms with E-state index in [9.17, 15) is 4.79 Å². The summed E-state index contributed by atoms with van der Waals surface area (Å²) in [7, 11) is 1.75. The van der Waals surface area contributed by atoms with Gasteiger partial charge in [-0.1, -0.05) is 26.0 Å². The molecule has 0 unspecified atom stereocenters. The topological polar surface area (TPSA) is 42.2 Å². The summed E-state index contributed by atoms with van der Waals surface area (Å²) in [6.45, 7) is 4.35. The van der Waals surface area contributed by atoms with Crippen LogP contribution >= 0.6 is 0 Å². The standard InChI is InChI=1S/C11H11NO2.C2H6/c1-12-7-10(13)9-3-2-8-4-5-14-11(8)6-9;1-2/h2-6,12H,7H2,1H3;1-2H3. The van der Waals surface area contributed by atoms with E-state index in [1.807, 2.05) is 32.0 Å². The van der Waals surface area contributed by atoms with Gasteiger partial charge in [0, 0.05) is 10.9 Å². The molecule has 0 aliphatic rings. The van der Waals surface area contributed by atoms with Crippen molar-refractivity contribution in [3.8, 4) is 0 Å². The summed E-state index contributed by atoms with van der Waals surface area (Å²) in [5.74, 6) is 0.0748. The van der Waals surface area contributed by atoms with Crippen molar-refractivity contribution in [2.45, 2.75) is 13.8 Å². The summed E-state index contributed by atoms with van der Waals surface area (Å²) in [5, 5.41) is 3.85. The number of hydrogen-bond acceptors (Lipinski definition) is 3. The van der Waals surface area contributed by atoms with Crippen molar-refractivity contribution in [2.75, 3.05) is 13.6 Å². The third-order valence-electron chi connectivity index (χ3n) is 2.12. The van der Waals surface area contributed by atoms with Gasteiger partial charge < -0.3 is 9.73 Å². The number of Topliss-reactive ketones (excluding diaryl/α,β-unsaturated/α-hetero) is 1. The largest absolute Gasteiger partial charge is 0.464 e. The number of benzene rings is 1. The highest BCUT2D eigenvalue weighted by Crippen LogP contribution is 2.16. The van der Waals surface area contributed by atoms with Crippen molar-refractivity contribution in [1.82, 2.24) is 5.32 Å². The lowest BCUT2D eigenvalue weighted by atomic mass is 10.1. The van der Waals surface area contributed by atoms with Crippen molar-refractivity contribution < 1.29 is 9.21 Å². The quantitative estimate of drug-likeness (QED) is 0.807.